The van der Waals surface area contributed by atoms with Gasteiger partial charge in [0.2, 0.25) is 0 Å². The molecule has 0 spiro atoms. The third-order valence-corrected chi connectivity index (χ3v) is 3.70. The van der Waals surface area contributed by atoms with Gasteiger partial charge in [-0.1, -0.05) is 19.1 Å². The molecule has 0 atom stereocenters. The van der Waals surface area contributed by atoms with Gasteiger partial charge in [0.05, 0.1) is 4.88 Å². The van der Waals surface area contributed by atoms with E-state index < -0.39 is 17.0 Å². The first-order chi connectivity index (χ1) is 9.41. The SMILES string of the molecule is CCNCc1ccc(-c2cnc(C(F)(F)F)s2)c(F)c1. The van der Waals surface area contributed by atoms with Crippen LogP contribution in [0.2, 0.25) is 0 Å². The Morgan fingerprint density at radius 3 is 2.60 bits per heavy atom. The highest BCUT2D eigenvalue weighted by atomic mass is 32.1. The van der Waals surface area contributed by atoms with Gasteiger partial charge in [-0.2, -0.15) is 13.2 Å². The van der Waals surface area contributed by atoms with Crippen LogP contribution in [0.3, 0.4) is 0 Å². The van der Waals surface area contributed by atoms with Crippen LogP contribution in [-0.4, -0.2) is 11.5 Å². The summed E-state index contributed by atoms with van der Waals surface area (Å²) in [7, 11) is 0. The number of alkyl halides is 3. The van der Waals surface area contributed by atoms with Gasteiger partial charge in [-0.15, -0.1) is 11.3 Å². The summed E-state index contributed by atoms with van der Waals surface area (Å²) >= 11 is 0.439. The Labute approximate surface area is 117 Å². The fourth-order valence-electron chi connectivity index (χ4n) is 1.67. The number of halogens is 4. The van der Waals surface area contributed by atoms with E-state index in [2.05, 4.69) is 10.3 Å². The minimum Gasteiger partial charge on any atom is -0.313 e. The number of aromatic nitrogens is 1. The maximum absolute atomic E-state index is 13.9. The molecule has 0 aliphatic carbocycles. The Hall–Kier alpha value is -1.47. The molecule has 0 unspecified atom stereocenters. The molecule has 1 heterocycles. The molecule has 7 heteroatoms. The minimum atomic E-state index is -4.50. The molecule has 0 aliphatic heterocycles. The highest BCUT2D eigenvalue weighted by molar-refractivity contribution is 7.15. The molecule has 1 N–H and O–H groups in total. The maximum atomic E-state index is 13.9. The van der Waals surface area contributed by atoms with Gasteiger partial charge >= 0.3 is 6.18 Å². The average molecular weight is 304 g/mol. The molecule has 1 aromatic heterocycles. The van der Waals surface area contributed by atoms with Gasteiger partial charge in [0.1, 0.15) is 5.82 Å². The molecule has 0 radical (unpaired) electrons. The highest BCUT2D eigenvalue weighted by Crippen LogP contribution is 2.37. The maximum Gasteiger partial charge on any atom is 0.443 e. The lowest BCUT2D eigenvalue weighted by atomic mass is 10.1. The van der Waals surface area contributed by atoms with Gasteiger partial charge in [0.15, 0.2) is 5.01 Å². The molecule has 0 bridgehead atoms. The summed E-state index contributed by atoms with van der Waals surface area (Å²) in [5, 5.41) is 2.08. The van der Waals surface area contributed by atoms with Gasteiger partial charge in [-0.25, -0.2) is 9.37 Å². The van der Waals surface area contributed by atoms with Crippen LogP contribution < -0.4 is 5.32 Å². The molecule has 2 aromatic rings. The number of hydrogen-bond donors (Lipinski definition) is 1. The average Bonchev–Trinajstić information content (AvgIpc) is 2.85. The molecule has 0 saturated carbocycles. The van der Waals surface area contributed by atoms with Crippen LogP contribution in [0, 0.1) is 5.82 Å². The quantitative estimate of drug-likeness (QED) is 0.861. The summed E-state index contributed by atoms with van der Waals surface area (Å²) < 4.78 is 51.3. The molecular formula is C13H12F4N2S. The van der Waals surface area contributed by atoms with E-state index >= 15 is 0 Å². The summed E-state index contributed by atoms with van der Waals surface area (Å²) in [5.74, 6) is -0.544. The van der Waals surface area contributed by atoms with Crippen LogP contribution in [0.4, 0.5) is 17.6 Å². The predicted octanol–water partition coefficient (Wildman–Crippen LogP) is 4.08. The minimum absolute atomic E-state index is 0.137. The van der Waals surface area contributed by atoms with E-state index in [0.29, 0.717) is 17.9 Å². The number of thiazole rings is 1. The van der Waals surface area contributed by atoms with Crippen molar-refractivity contribution < 1.29 is 17.6 Å². The molecule has 0 amide bonds. The Morgan fingerprint density at radius 2 is 2.05 bits per heavy atom. The largest absolute Gasteiger partial charge is 0.443 e. The lowest BCUT2D eigenvalue weighted by Crippen LogP contribution is -2.11. The molecule has 0 fully saturated rings. The number of nitrogens with zero attached hydrogens (tertiary/aromatic N) is 1. The molecule has 0 aliphatic rings. The first-order valence-electron chi connectivity index (χ1n) is 5.94. The van der Waals surface area contributed by atoms with Crippen molar-refractivity contribution in [2.24, 2.45) is 0 Å². The monoisotopic (exact) mass is 304 g/mol. The van der Waals surface area contributed by atoms with Crippen molar-refractivity contribution in [1.82, 2.24) is 10.3 Å². The number of nitrogens with one attached hydrogen (secondary N) is 1. The van der Waals surface area contributed by atoms with Crippen molar-refractivity contribution in [3.63, 3.8) is 0 Å². The topological polar surface area (TPSA) is 24.9 Å². The second-order valence-corrected chi connectivity index (χ2v) is 5.15. The number of rotatable bonds is 4. The van der Waals surface area contributed by atoms with E-state index in [9.17, 15) is 17.6 Å². The summed E-state index contributed by atoms with van der Waals surface area (Å²) in [5.41, 5.74) is 0.881. The van der Waals surface area contributed by atoms with E-state index in [4.69, 9.17) is 0 Å². The Bertz CT molecular complexity index is 592. The second-order valence-electron chi connectivity index (χ2n) is 4.12. The summed E-state index contributed by atoms with van der Waals surface area (Å²) in [6.45, 7) is 3.21. The van der Waals surface area contributed by atoms with Crippen LogP contribution in [-0.2, 0) is 12.7 Å². The first-order valence-corrected chi connectivity index (χ1v) is 6.76. The lowest BCUT2D eigenvalue weighted by Gasteiger charge is -2.05. The summed E-state index contributed by atoms with van der Waals surface area (Å²) in [6.07, 6.45) is -3.44. The van der Waals surface area contributed by atoms with Crippen LogP contribution in [0.25, 0.3) is 10.4 Å². The molecule has 0 saturated heterocycles. The van der Waals surface area contributed by atoms with Gasteiger partial charge in [-0.3, -0.25) is 0 Å². The van der Waals surface area contributed by atoms with E-state index in [-0.39, 0.29) is 10.4 Å². The highest BCUT2D eigenvalue weighted by Gasteiger charge is 2.34. The zero-order valence-electron chi connectivity index (χ0n) is 10.6. The predicted molar refractivity (Wildman–Crippen MR) is 69.9 cm³/mol. The molecule has 108 valence electrons. The standard InChI is InChI=1S/C13H12F4N2S/c1-2-18-6-8-3-4-9(10(14)5-8)11-7-19-12(20-11)13(15,16)17/h3-5,7,18H,2,6H2,1H3. The van der Waals surface area contributed by atoms with Crippen molar-refractivity contribution in [1.29, 1.82) is 0 Å². The summed E-state index contributed by atoms with van der Waals surface area (Å²) in [6, 6.07) is 4.49. The smallest absolute Gasteiger partial charge is 0.313 e. The van der Waals surface area contributed by atoms with Crippen LogP contribution in [0.5, 0.6) is 0 Å². The van der Waals surface area contributed by atoms with Crippen molar-refractivity contribution in [3.8, 4) is 10.4 Å². The first kappa shape index (κ1) is 14.9. The van der Waals surface area contributed by atoms with E-state index in [1.165, 1.54) is 12.1 Å². The number of hydrogen-bond acceptors (Lipinski definition) is 3. The lowest BCUT2D eigenvalue weighted by molar-refractivity contribution is -0.137. The molecule has 2 nitrogen and oxygen atoms in total. The molecule has 1 aromatic carbocycles. The van der Waals surface area contributed by atoms with Crippen LogP contribution in [0.1, 0.15) is 17.5 Å². The van der Waals surface area contributed by atoms with E-state index in [0.717, 1.165) is 18.3 Å². The molecular weight excluding hydrogens is 292 g/mol. The zero-order valence-corrected chi connectivity index (χ0v) is 11.4. The Balaban J connectivity index is 2.27. The van der Waals surface area contributed by atoms with Crippen molar-refractivity contribution in [2.75, 3.05) is 6.54 Å². The zero-order chi connectivity index (χ0) is 14.8. The van der Waals surface area contributed by atoms with Crippen molar-refractivity contribution in [2.45, 2.75) is 19.6 Å². The molecule has 2 rings (SSSR count). The van der Waals surface area contributed by atoms with Crippen LogP contribution in [0.15, 0.2) is 24.4 Å². The normalized spacial score (nSPS) is 11.8. The van der Waals surface area contributed by atoms with E-state index in [1.807, 2.05) is 6.92 Å². The fraction of sp³-hybridized carbons (Fsp3) is 0.308. The summed E-state index contributed by atoms with van der Waals surface area (Å²) in [4.78, 5) is 3.46. The van der Waals surface area contributed by atoms with Crippen molar-refractivity contribution in [3.05, 3.63) is 40.8 Å². The van der Waals surface area contributed by atoms with E-state index in [1.54, 1.807) is 6.07 Å². The van der Waals surface area contributed by atoms with Crippen molar-refractivity contribution >= 4 is 11.3 Å². The van der Waals surface area contributed by atoms with Gasteiger partial charge in [0, 0.05) is 18.3 Å². The second kappa shape index (κ2) is 5.88. The van der Waals surface area contributed by atoms with Gasteiger partial charge < -0.3 is 5.32 Å². The number of benzene rings is 1. The Morgan fingerprint density at radius 1 is 1.30 bits per heavy atom. The third kappa shape index (κ3) is 3.34. The van der Waals surface area contributed by atoms with Crippen LogP contribution >= 0.6 is 11.3 Å². The third-order valence-electron chi connectivity index (χ3n) is 2.63. The van der Waals surface area contributed by atoms with Gasteiger partial charge in [0.25, 0.3) is 0 Å². The van der Waals surface area contributed by atoms with Gasteiger partial charge in [-0.05, 0) is 18.2 Å². The molecule has 20 heavy (non-hydrogen) atoms. The Kier molecular flexibility index (Phi) is 4.39. The fourth-order valence-corrected chi connectivity index (χ4v) is 2.48.